The molecule has 0 fully saturated rings. The Morgan fingerprint density at radius 2 is 2.06 bits per heavy atom. The molecule has 0 radical (unpaired) electrons. The summed E-state index contributed by atoms with van der Waals surface area (Å²) in [6.45, 7) is -1.34. The van der Waals surface area contributed by atoms with Crippen molar-refractivity contribution in [1.29, 1.82) is 0 Å². The number of carbonyl (C=O) groups is 1. The lowest BCUT2D eigenvalue weighted by Crippen LogP contribution is -2.34. The van der Waals surface area contributed by atoms with E-state index in [0.29, 0.717) is 5.03 Å². The van der Waals surface area contributed by atoms with Crippen molar-refractivity contribution in [3.8, 4) is 0 Å². The minimum absolute atomic E-state index is 0.140. The summed E-state index contributed by atoms with van der Waals surface area (Å²) in [6, 6.07) is 0. The predicted molar refractivity (Wildman–Crippen MR) is 56.2 cm³/mol. The summed E-state index contributed by atoms with van der Waals surface area (Å²) in [6.07, 6.45) is -1.65. The number of thioether (sulfide) groups is 1. The Hall–Kier alpha value is -1.51. The fourth-order valence-corrected chi connectivity index (χ4v) is 1.54. The van der Waals surface area contributed by atoms with Crippen molar-refractivity contribution in [3.05, 3.63) is 12.4 Å². The zero-order valence-corrected chi connectivity index (χ0v) is 9.31. The number of nitrogens with two attached hydrogens (primary N) is 1. The Bertz CT molecular complexity index is 399. The first-order chi connectivity index (χ1) is 7.88. The van der Waals surface area contributed by atoms with Crippen molar-refractivity contribution in [1.82, 2.24) is 15.3 Å². The van der Waals surface area contributed by atoms with Gasteiger partial charge in [0.1, 0.15) is 11.6 Å². The standard InChI is InChI=1S/C8H9F3N4OS/c9-8(10,11)4-15-5(16)3-17-7-6(12)13-1-2-14-7/h1-2H,3-4H2,(H2,12,13)(H,15,16). The first kappa shape index (κ1) is 13.6. The van der Waals surface area contributed by atoms with Gasteiger partial charge in [0.05, 0.1) is 5.75 Å². The maximum Gasteiger partial charge on any atom is 0.405 e. The summed E-state index contributed by atoms with van der Waals surface area (Å²) in [7, 11) is 0. The number of nitrogens with one attached hydrogen (secondary N) is 1. The average Bonchev–Trinajstić information content (AvgIpc) is 2.24. The van der Waals surface area contributed by atoms with Crippen molar-refractivity contribution in [2.45, 2.75) is 11.2 Å². The smallest absolute Gasteiger partial charge is 0.381 e. The van der Waals surface area contributed by atoms with Crippen LogP contribution in [0.3, 0.4) is 0 Å². The van der Waals surface area contributed by atoms with Crippen molar-refractivity contribution < 1.29 is 18.0 Å². The monoisotopic (exact) mass is 266 g/mol. The molecule has 0 aliphatic heterocycles. The van der Waals surface area contributed by atoms with E-state index in [1.54, 1.807) is 5.32 Å². The van der Waals surface area contributed by atoms with Crippen LogP contribution in [0, 0.1) is 0 Å². The minimum atomic E-state index is -4.41. The highest BCUT2D eigenvalue weighted by Gasteiger charge is 2.27. The van der Waals surface area contributed by atoms with Crippen LogP contribution < -0.4 is 11.1 Å². The molecule has 1 heterocycles. The van der Waals surface area contributed by atoms with Crippen LogP contribution in [-0.2, 0) is 4.79 Å². The number of anilines is 1. The Balaban J connectivity index is 2.36. The first-order valence-electron chi connectivity index (χ1n) is 4.41. The largest absolute Gasteiger partial charge is 0.405 e. The number of amides is 1. The second-order valence-electron chi connectivity index (χ2n) is 2.93. The summed E-state index contributed by atoms with van der Waals surface area (Å²) in [4.78, 5) is 18.6. The van der Waals surface area contributed by atoms with Gasteiger partial charge in [0.2, 0.25) is 5.91 Å². The number of rotatable bonds is 4. The van der Waals surface area contributed by atoms with E-state index in [4.69, 9.17) is 5.73 Å². The van der Waals surface area contributed by atoms with Gasteiger partial charge in [-0.25, -0.2) is 9.97 Å². The lowest BCUT2D eigenvalue weighted by atomic mass is 10.6. The summed E-state index contributed by atoms with van der Waals surface area (Å²) < 4.78 is 35.3. The van der Waals surface area contributed by atoms with Gasteiger partial charge in [-0.2, -0.15) is 13.2 Å². The molecule has 5 nitrogen and oxygen atoms in total. The third-order valence-corrected chi connectivity index (χ3v) is 2.51. The number of carbonyl (C=O) groups excluding carboxylic acids is 1. The molecule has 0 saturated carbocycles. The molecule has 1 amide bonds. The van der Waals surface area contributed by atoms with Crippen LogP contribution in [0.25, 0.3) is 0 Å². The van der Waals surface area contributed by atoms with Gasteiger partial charge in [0.25, 0.3) is 0 Å². The Morgan fingerprint density at radius 1 is 1.41 bits per heavy atom. The van der Waals surface area contributed by atoms with E-state index >= 15 is 0 Å². The molecule has 0 saturated heterocycles. The topological polar surface area (TPSA) is 80.9 Å². The molecule has 1 rings (SSSR count). The normalized spacial score (nSPS) is 11.2. The van der Waals surface area contributed by atoms with Crippen LogP contribution >= 0.6 is 11.8 Å². The lowest BCUT2D eigenvalue weighted by Gasteiger charge is -2.08. The Kier molecular flexibility index (Phi) is 4.55. The Labute approximate surface area is 99.0 Å². The number of nitrogens with zero attached hydrogens (tertiary/aromatic N) is 2. The SMILES string of the molecule is Nc1nccnc1SCC(=O)NCC(F)(F)F. The first-order valence-corrected chi connectivity index (χ1v) is 5.40. The van der Waals surface area contributed by atoms with E-state index in [0.717, 1.165) is 11.8 Å². The highest BCUT2D eigenvalue weighted by atomic mass is 32.2. The number of hydrogen-bond donors (Lipinski definition) is 2. The molecule has 0 aromatic carbocycles. The maximum atomic E-state index is 11.8. The van der Waals surface area contributed by atoms with Gasteiger partial charge in [-0.3, -0.25) is 4.79 Å². The molecule has 1 aromatic heterocycles. The minimum Gasteiger partial charge on any atom is -0.381 e. The number of aromatic nitrogens is 2. The molecule has 0 unspecified atom stereocenters. The zero-order chi connectivity index (χ0) is 12.9. The molecular formula is C8H9F3N4OS. The quantitative estimate of drug-likeness (QED) is 0.789. The van der Waals surface area contributed by atoms with Gasteiger partial charge in [-0.15, -0.1) is 0 Å². The molecule has 0 bridgehead atoms. The van der Waals surface area contributed by atoms with E-state index in [1.165, 1.54) is 12.4 Å². The summed E-state index contributed by atoms with van der Waals surface area (Å²) >= 11 is 0.928. The predicted octanol–water partition coefficient (Wildman–Crippen LogP) is 0.829. The van der Waals surface area contributed by atoms with Gasteiger partial charge < -0.3 is 11.1 Å². The average molecular weight is 266 g/mol. The summed E-state index contributed by atoms with van der Waals surface area (Å²) in [5.41, 5.74) is 5.44. The molecule has 0 aliphatic rings. The van der Waals surface area contributed by atoms with Crippen LogP contribution in [0.2, 0.25) is 0 Å². The second kappa shape index (κ2) is 5.71. The van der Waals surface area contributed by atoms with Crippen molar-refractivity contribution in [2.24, 2.45) is 0 Å². The molecule has 0 spiro atoms. The van der Waals surface area contributed by atoms with Crippen LogP contribution in [0.5, 0.6) is 0 Å². The molecule has 0 atom stereocenters. The molecule has 94 valence electrons. The van der Waals surface area contributed by atoms with Crippen molar-refractivity contribution in [2.75, 3.05) is 18.0 Å². The van der Waals surface area contributed by atoms with Gasteiger partial charge in [0, 0.05) is 12.4 Å². The van der Waals surface area contributed by atoms with Crippen molar-refractivity contribution in [3.63, 3.8) is 0 Å². The third kappa shape index (κ3) is 5.38. The second-order valence-corrected chi connectivity index (χ2v) is 3.89. The highest BCUT2D eigenvalue weighted by molar-refractivity contribution is 8.00. The zero-order valence-electron chi connectivity index (χ0n) is 8.49. The fraction of sp³-hybridized carbons (Fsp3) is 0.375. The molecule has 9 heteroatoms. The van der Waals surface area contributed by atoms with Gasteiger partial charge in [0.15, 0.2) is 5.82 Å². The number of halogens is 3. The molecule has 3 N–H and O–H groups in total. The third-order valence-electron chi connectivity index (χ3n) is 1.52. The van der Waals surface area contributed by atoms with E-state index in [9.17, 15) is 18.0 Å². The van der Waals surface area contributed by atoms with Gasteiger partial charge in [-0.05, 0) is 0 Å². The van der Waals surface area contributed by atoms with Crippen LogP contribution in [0.1, 0.15) is 0 Å². The van der Waals surface area contributed by atoms with Gasteiger partial charge >= 0.3 is 6.18 Å². The molecule has 17 heavy (non-hydrogen) atoms. The number of hydrogen-bond acceptors (Lipinski definition) is 5. The van der Waals surface area contributed by atoms with E-state index < -0.39 is 18.6 Å². The number of nitrogen functional groups attached to an aromatic ring is 1. The summed E-state index contributed by atoms with van der Waals surface area (Å²) in [5, 5.41) is 2.05. The summed E-state index contributed by atoms with van der Waals surface area (Å²) in [5.74, 6) is -0.794. The van der Waals surface area contributed by atoms with Crippen molar-refractivity contribution >= 4 is 23.5 Å². The molecule has 0 aliphatic carbocycles. The molecular weight excluding hydrogens is 257 g/mol. The highest BCUT2D eigenvalue weighted by Crippen LogP contribution is 2.19. The lowest BCUT2D eigenvalue weighted by molar-refractivity contribution is -0.136. The van der Waals surface area contributed by atoms with E-state index in [1.807, 2.05) is 0 Å². The van der Waals surface area contributed by atoms with Crippen LogP contribution in [-0.4, -0.2) is 34.3 Å². The van der Waals surface area contributed by atoms with E-state index in [2.05, 4.69) is 9.97 Å². The van der Waals surface area contributed by atoms with Crippen LogP contribution in [0.4, 0.5) is 19.0 Å². The fourth-order valence-electron chi connectivity index (χ4n) is 0.831. The number of alkyl halides is 3. The Morgan fingerprint density at radius 3 is 2.65 bits per heavy atom. The van der Waals surface area contributed by atoms with Crippen LogP contribution in [0.15, 0.2) is 17.4 Å². The van der Waals surface area contributed by atoms with Gasteiger partial charge in [-0.1, -0.05) is 11.8 Å². The molecule has 1 aromatic rings. The van der Waals surface area contributed by atoms with E-state index in [-0.39, 0.29) is 11.6 Å². The maximum absolute atomic E-state index is 11.8.